The first-order chi connectivity index (χ1) is 24.7. The predicted molar refractivity (Wildman–Crippen MR) is 187 cm³/mol. The molecule has 51 heavy (non-hydrogen) atoms. The number of hydrogen-bond acceptors (Lipinski definition) is 11. The van der Waals surface area contributed by atoms with Gasteiger partial charge in [0.2, 0.25) is 17.7 Å². The van der Waals surface area contributed by atoms with Crippen LogP contribution in [0.15, 0.2) is 30.9 Å². The second-order valence-electron chi connectivity index (χ2n) is 14.8. The van der Waals surface area contributed by atoms with Gasteiger partial charge in [0.1, 0.15) is 17.9 Å². The van der Waals surface area contributed by atoms with Crippen LogP contribution in [0, 0.1) is 11.8 Å². The second-order valence-corrected chi connectivity index (χ2v) is 14.8. The largest absolute Gasteiger partial charge is 0.371 e. The summed E-state index contributed by atoms with van der Waals surface area (Å²) in [5.41, 5.74) is 3.05. The lowest BCUT2D eigenvalue weighted by atomic mass is 9.86. The molecule has 0 spiro atoms. The number of likely N-dealkylation sites (tertiary alicyclic amines) is 1. The molecular formula is C36H44N10O5. The molecule has 3 aromatic rings. The number of amides is 5. The minimum atomic E-state index is -0.967. The van der Waals surface area contributed by atoms with Gasteiger partial charge in [0, 0.05) is 51.6 Å². The molecule has 8 rings (SSSR count). The first-order valence-electron chi connectivity index (χ1n) is 18.2. The van der Waals surface area contributed by atoms with E-state index in [1.54, 1.807) is 25.4 Å². The molecule has 3 N–H and O–H groups in total. The fraction of sp³-hybridized carbons (Fsp3) is 0.556. The molecule has 1 unspecified atom stereocenters. The molecule has 2 aromatic heterocycles. The molecule has 268 valence electrons. The highest BCUT2D eigenvalue weighted by Gasteiger charge is 2.46. The van der Waals surface area contributed by atoms with Gasteiger partial charge in [-0.1, -0.05) is 6.07 Å². The topological polar surface area (TPSA) is 175 Å². The smallest absolute Gasteiger partial charge is 0.264 e. The fourth-order valence-corrected chi connectivity index (χ4v) is 8.57. The quantitative estimate of drug-likeness (QED) is 0.280. The number of imide groups is 2. The van der Waals surface area contributed by atoms with Crippen LogP contribution in [0.4, 0.5) is 11.5 Å². The van der Waals surface area contributed by atoms with Crippen molar-refractivity contribution < 1.29 is 24.0 Å². The summed E-state index contributed by atoms with van der Waals surface area (Å²) in [5, 5.41) is 8.80. The van der Waals surface area contributed by atoms with E-state index in [0.717, 1.165) is 105 Å². The Bertz CT molecular complexity index is 1870. The summed E-state index contributed by atoms with van der Waals surface area (Å²) in [4.78, 5) is 81.9. The summed E-state index contributed by atoms with van der Waals surface area (Å²) in [6, 6.07) is 4.87. The van der Waals surface area contributed by atoms with Gasteiger partial charge in [0.05, 0.1) is 23.1 Å². The van der Waals surface area contributed by atoms with Crippen molar-refractivity contribution in [2.24, 2.45) is 11.8 Å². The molecular weight excluding hydrogens is 652 g/mol. The fourth-order valence-electron chi connectivity index (χ4n) is 8.57. The summed E-state index contributed by atoms with van der Waals surface area (Å²) < 4.78 is 2.11. The molecule has 5 aliphatic rings. The highest BCUT2D eigenvalue weighted by atomic mass is 16.2. The molecule has 1 aromatic carbocycles. The van der Waals surface area contributed by atoms with Crippen LogP contribution < -0.4 is 20.9 Å². The number of nitrogens with one attached hydrogen (secondary N) is 3. The molecule has 0 bridgehead atoms. The first kappa shape index (κ1) is 33.2. The highest BCUT2D eigenvalue weighted by Crippen LogP contribution is 2.37. The van der Waals surface area contributed by atoms with Gasteiger partial charge in [0.25, 0.3) is 11.8 Å². The number of imidazole rings is 1. The molecule has 1 atom stereocenters. The van der Waals surface area contributed by atoms with E-state index < -0.39 is 23.8 Å². The summed E-state index contributed by atoms with van der Waals surface area (Å²) in [6.07, 6.45) is 9.64. The summed E-state index contributed by atoms with van der Waals surface area (Å²) in [5.74, 6) is -0.0310. The Kier molecular flexibility index (Phi) is 8.90. The summed E-state index contributed by atoms with van der Waals surface area (Å²) >= 11 is 0. The first-order valence-corrected chi connectivity index (χ1v) is 18.2. The van der Waals surface area contributed by atoms with Gasteiger partial charge < -0.3 is 25.0 Å². The maximum Gasteiger partial charge on any atom is 0.264 e. The third kappa shape index (κ3) is 6.43. The van der Waals surface area contributed by atoms with Crippen molar-refractivity contribution in [3.63, 3.8) is 0 Å². The standard InChI is InChI=1S/C36H44N10O5/c1-21(47)41-24-15-25(16-24)45-20-40-31-32(38-19-39-33(31)45)37-17-22-7-11-43(12-8-22)18-23-9-13-44(14-10-23)27-4-2-3-26-30(27)36(51)46(35(26)50)28-5-6-29(48)42-34(28)49/h2-4,19-20,22-25,28H,5-18H2,1H3,(H,41,47)(H,37,38,39)(H,42,48,49). The van der Waals surface area contributed by atoms with Gasteiger partial charge in [-0.2, -0.15) is 0 Å². The maximum atomic E-state index is 13.6. The van der Waals surface area contributed by atoms with Crippen molar-refractivity contribution in [2.45, 2.75) is 76.4 Å². The molecule has 5 amide bonds. The SMILES string of the molecule is CC(=O)NC1CC(n2cnc3c(NCC4CCN(CC5CCN(c6cccc7c6C(=O)N(C6CCC(=O)NC6=O)C7=O)CC5)CC4)ncnc32)C1. The summed E-state index contributed by atoms with van der Waals surface area (Å²) in [6.45, 7) is 7.13. The predicted octanol–water partition coefficient (Wildman–Crippen LogP) is 2.11. The Hall–Kier alpha value is -4.92. The molecule has 1 saturated carbocycles. The average molecular weight is 697 g/mol. The van der Waals surface area contributed by atoms with Crippen LogP contribution >= 0.6 is 0 Å². The number of nitrogens with zero attached hydrogens (tertiary/aromatic N) is 7. The Morgan fingerprint density at radius 1 is 0.922 bits per heavy atom. The number of piperidine rings is 3. The Labute approximate surface area is 295 Å². The molecule has 15 nitrogen and oxygen atoms in total. The Morgan fingerprint density at radius 3 is 2.43 bits per heavy atom. The van der Waals surface area contributed by atoms with E-state index in [-0.39, 0.29) is 36.7 Å². The number of carbonyl (C=O) groups is 5. The van der Waals surface area contributed by atoms with Crippen molar-refractivity contribution in [3.8, 4) is 0 Å². The molecule has 1 aliphatic carbocycles. The van der Waals surface area contributed by atoms with Crippen LogP contribution in [0.5, 0.6) is 0 Å². The number of fused-ring (bicyclic) bond motifs is 2. The van der Waals surface area contributed by atoms with E-state index in [1.807, 2.05) is 12.4 Å². The zero-order chi connectivity index (χ0) is 35.2. The lowest BCUT2D eigenvalue weighted by molar-refractivity contribution is -0.136. The molecule has 0 radical (unpaired) electrons. The third-order valence-electron chi connectivity index (χ3n) is 11.5. The van der Waals surface area contributed by atoms with Gasteiger partial charge in [0.15, 0.2) is 11.5 Å². The van der Waals surface area contributed by atoms with Gasteiger partial charge >= 0.3 is 0 Å². The van der Waals surface area contributed by atoms with Crippen LogP contribution in [0.3, 0.4) is 0 Å². The number of rotatable bonds is 9. The second kappa shape index (κ2) is 13.7. The van der Waals surface area contributed by atoms with E-state index in [2.05, 4.69) is 45.3 Å². The maximum absolute atomic E-state index is 13.6. The van der Waals surface area contributed by atoms with Crippen molar-refractivity contribution in [1.29, 1.82) is 0 Å². The normalized spacial score (nSPS) is 24.8. The van der Waals surface area contributed by atoms with Crippen LogP contribution in [0.25, 0.3) is 11.2 Å². The Balaban J connectivity index is 0.806. The molecule has 15 heteroatoms. The molecule has 4 fully saturated rings. The number of aromatic nitrogens is 4. The average Bonchev–Trinajstić information content (AvgIpc) is 3.64. The van der Waals surface area contributed by atoms with Crippen molar-refractivity contribution >= 4 is 52.2 Å². The minimum absolute atomic E-state index is 0.00411. The lowest BCUT2D eigenvalue weighted by Gasteiger charge is -2.38. The summed E-state index contributed by atoms with van der Waals surface area (Å²) in [7, 11) is 0. The van der Waals surface area contributed by atoms with Crippen molar-refractivity contribution in [3.05, 3.63) is 42.0 Å². The molecule has 3 saturated heterocycles. The van der Waals surface area contributed by atoms with Crippen LogP contribution in [-0.2, 0) is 14.4 Å². The molecule has 6 heterocycles. The van der Waals surface area contributed by atoms with Gasteiger partial charge in [-0.05, 0) is 82.0 Å². The number of hydrogen-bond donors (Lipinski definition) is 3. The van der Waals surface area contributed by atoms with Crippen LogP contribution in [0.2, 0.25) is 0 Å². The van der Waals surface area contributed by atoms with Gasteiger partial charge in [-0.25, -0.2) is 15.0 Å². The van der Waals surface area contributed by atoms with Crippen molar-refractivity contribution in [1.82, 2.24) is 40.0 Å². The van der Waals surface area contributed by atoms with Crippen LogP contribution in [0.1, 0.15) is 85.0 Å². The minimum Gasteiger partial charge on any atom is -0.371 e. The number of benzene rings is 1. The van der Waals surface area contributed by atoms with E-state index in [4.69, 9.17) is 0 Å². The third-order valence-corrected chi connectivity index (χ3v) is 11.5. The number of anilines is 2. The van der Waals surface area contributed by atoms with E-state index in [1.165, 1.54) is 0 Å². The Morgan fingerprint density at radius 2 is 1.69 bits per heavy atom. The highest BCUT2D eigenvalue weighted by molar-refractivity contribution is 6.25. The zero-order valence-corrected chi connectivity index (χ0v) is 28.8. The van der Waals surface area contributed by atoms with Crippen LogP contribution in [-0.4, -0.2) is 110 Å². The number of carbonyl (C=O) groups excluding carboxylic acids is 5. The van der Waals surface area contributed by atoms with E-state index in [9.17, 15) is 24.0 Å². The monoisotopic (exact) mass is 696 g/mol. The van der Waals surface area contributed by atoms with Gasteiger partial charge in [-0.15, -0.1) is 0 Å². The molecule has 4 aliphatic heterocycles. The van der Waals surface area contributed by atoms with E-state index in [0.29, 0.717) is 23.0 Å². The van der Waals surface area contributed by atoms with Crippen molar-refractivity contribution in [2.75, 3.05) is 49.5 Å². The van der Waals surface area contributed by atoms with E-state index >= 15 is 0 Å². The van der Waals surface area contributed by atoms with Gasteiger partial charge in [-0.3, -0.25) is 34.2 Å². The lowest BCUT2D eigenvalue weighted by Crippen LogP contribution is -2.54. The zero-order valence-electron chi connectivity index (χ0n) is 28.8.